The number of hydrogen-bond donors (Lipinski definition) is 2. The summed E-state index contributed by atoms with van der Waals surface area (Å²) in [7, 11) is -3.24. The standard InChI is InChI=1S/C7H14O6S/c1-5(2)12-7(8)13-6-3-4-11-14(6,9)10/h5-6,9-10H,3-4H2,1-2H3. The summed E-state index contributed by atoms with van der Waals surface area (Å²) in [5.41, 5.74) is -1.01. The fraction of sp³-hybridized carbons (Fsp3) is 0.857. The first kappa shape index (κ1) is 11.6. The molecule has 0 saturated carbocycles. The highest BCUT2D eigenvalue weighted by Gasteiger charge is 2.40. The lowest BCUT2D eigenvalue weighted by molar-refractivity contribution is 0.0245. The van der Waals surface area contributed by atoms with E-state index in [-0.39, 0.29) is 19.1 Å². The molecule has 1 unspecified atom stereocenters. The first-order valence-electron chi connectivity index (χ1n) is 4.20. The maximum absolute atomic E-state index is 11.0. The summed E-state index contributed by atoms with van der Waals surface area (Å²) in [5, 5.41) is 0. The molecule has 84 valence electrons. The van der Waals surface area contributed by atoms with Crippen LogP contribution in [0.2, 0.25) is 0 Å². The first-order valence-corrected chi connectivity index (χ1v) is 5.74. The Labute approximate surface area is 83.7 Å². The van der Waals surface area contributed by atoms with E-state index in [1.807, 2.05) is 0 Å². The van der Waals surface area contributed by atoms with Gasteiger partial charge in [0.2, 0.25) is 5.44 Å². The summed E-state index contributed by atoms with van der Waals surface area (Å²) in [4.78, 5) is 11.0. The maximum atomic E-state index is 11.0. The molecule has 0 aromatic rings. The Morgan fingerprint density at radius 2 is 2.21 bits per heavy atom. The van der Waals surface area contributed by atoms with Crippen molar-refractivity contribution >= 4 is 17.0 Å². The summed E-state index contributed by atoms with van der Waals surface area (Å²) in [6, 6.07) is 0. The van der Waals surface area contributed by atoms with E-state index in [2.05, 4.69) is 13.7 Å². The summed E-state index contributed by atoms with van der Waals surface area (Å²) in [5.74, 6) is 0. The largest absolute Gasteiger partial charge is 0.509 e. The number of carbonyl (C=O) groups excluding carboxylic acids is 1. The highest BCUT2D eigenvalue weighted by molar-refractivity contribution is 8.20. The van der Waals surface area contributed by atoms with Crippen molar-refractivity contribution in [3.8, 4) is 0 Å². The van der Waals surface area contributed by atoms with E-state index in [9.17, 15) is 13.9 Å². The Morgan fingerprint density at radius 1 is 1.57 bits per heavy atom. The van der Waals surface area contributed by atoms with E-state index in [0.29, 0.717) is 0 Å². The number of hydrogen-bond acceptors (Lipinski definition) is 6. The van der Waals surface area contributed by atoms with Crippen molar-refractivity contribution in [3.63, 3.8) is 0 Å². The molecule has 0 spiro atoms. The molecule has 0 aromatic carbocycles. The minimum Gasteiger partial charge on any atom is -0.432 e. The zero-order chi connectivity index (χ0) is 10.8. The molecule has 1 saturated heterocycles. The van der Waals surface area contributed by atoms with Crippen molar-refractivity contribution in [3.05, 3.63) is 0 Å². The van der Waals surface area contributed by atoms with Crippen molar-refractivity contribution in [2.75, 3.05) is 6.61 Å². The molecule has 1 heterocycles. The topological polar surface area (TPSA) is 85.2 Å². The van der Waals surface area contributed by atoms with Crippen LogP contribution in [0.1, 0.15) is 20.3 Å². The minimum absolute atomic E-state index is 0.169. The van der Waals surface area contributed by atoms with Crippen molar-refractivity contribution in [2.45, 2.75) is 31.8 Å². The van der Waals surface area contributed by atoms with E-state index < -0.39 is 22.5 Å². The normalized spacial score (nSPS) is 27.4. The lowest BCUT2D eigenvalue weighted by atomic mass is 10.5. The molecule has 7 heteroatoms. The van der Waals surface area contributed by atoms with Crippen LogP contribution in [-0.2, 0) is 13.7 Å². The van der Waals surface area contributed by atoms with Crippen molar-refractivity contribution in [1.82, 2.24) is 0 Å². The average molecular weight is 226 g/mol. The quantitative estimate of drug-likeness (QED) is 0.700. The molecule has 1 fully saturated rings. The van der Waals surface area contributed by atoms with Gasteiger partial charge in [-0.25, -0.2) is 4.79 Å². The summed E-state index contributed by atoms with van der Waals surface area (Å²) < 4.78 is 32.4. The molecule has 1 rings (SSSR count). The average Bonchev–Trinajstić information content (AvgIpc) is 2.29. The summed E-state index contributed by atoms with van der Waals surface area (Å²) >= 11 is 0. The van der Waals surface area contributed by atoms with Crippen LogP contribution in [-0.4, -0.2) is 33.4 Å². The van der Waals surface area contributed by atoms with Gasteiger partial charge in [-0.15, -0.1) is 0 Å². The van der Waals surface area contributed by atoms with Crippen LogP contribution in [0.5, 0.6) is 0 Å². The van der Waals surface area contributed by atoms with Crippen LogP contribution in [0.25, 0.3) is 0 Å². The van der Waals surface area contributed by atoms with E-state index in [4.69, 9.17) is 0 Å². The Hall–Kier alpha value is -0.500. The SMILES string of the molecule is CC(C)OC(=O)OC1CCOS1(O)O. The van der Waals surface area contributed by atoms with Crippen LogP contribution in [0.3, 0.4) is 0 Å². The molecule has 0 aliphatic carbocycles. The minimum atomic E-state index is -3.24. The molecule has 14 heavy (non-hydrogen) atoms. The molecule has 1 aliphatic rings. The van der Waals surface area contributed by atoms with E-state index in [0.717, 1.165) is 0 Å². The second-order valence-electron chi connectivity index (χ2n) is 3.11. The molecule has 0 aromatic heterocycles. The van der Waals surface area contributed by atoms with Gasteiger partial charge in [0.1, 0.15) is 10.9 Å². The smallest absolute Gasteiger partial charge is 0.432 e. The van der Waals surface area contributed by atoms with Crippen LogP contribution in [0.4, 0.5) is 4.79 Å². The Kier molecular flexibility index (Phi) is 3.59. The zero-order valence-electron chi connectivity index (χ0n) is 8.00. The van der Waals surface area contributed by atoms with Crippen LogP contribution in [0, 0.1) is 0 Å². The third kappa shape index (κ3) is 3.02. The van der Waals surface area contributed by atoms with Crippen LogP contribution >= 0.6 is 10.9 Å². The maximum Gasteiger partial charge on any atom is 0.509 e. The molecular formula is C7H14O6S. The molecule has 2 N–H and O–H groups in total. The van der Waals surface area contributed by atoms with E-state index in [1.54, 1.807) is 13.8 Å². The van der Waals surface area contributed by atoms with E-state index in [1.165, 1.54) is 0 Å². The third-order valence-electron chi connectivity index (χ3n) is 1.51. The lowest BCUT2D eigenvalue weighted by Crippen LogP contribution is -2.22. The van der Waals surface area contributed by atoms with Gasteiger partial charge in [-0.05, 0) is 13.8 Å². The number of carbonyl (C=O) groups is 1. The molecule has 0 amide bonds. The second-order valence-corrected chi connectivity index (χ2v) is 4.95. The Bertz CT molecular complexity index is 216. The van der Waals surface area contributed by atoms with Gasteiger partial charge in [-0.3, -0.25) is 4.18 Å². The second kappa shape index (κ2) is 4.35. The van der Waals surface area contributed by atoms with Gasteiger partial charge in [0.25, 0.3) is 0 Å². The number of ether oxygens (including phenoxy) is 2. The fourth-order valence-corrected chi connectivity index (χ4v) is 2.05. The van der Waals surface area contributed by atoms with E-state index >= 15 is 0 Å². The third-order valence-corrected chi connectivity index (χ3v) is 3.04. The van der Waals surface area contributed by atoms with Gasteiger partial charge >= 0.3 is 6.16 Å². The molecule has 0 radical (unpaired) electrons. The van der Waals surface area contributed by atoms with Crippen molar-refractivity contribution in [1.29, 1.82) is 0 Å². The highest BCUT2D eigenvalue weighted by atomic mass is 32.3. The molecule has 1 atom stereocenters. The summed E-state index contributed by atoms with van der Waals surface area (Å²) in [6.07, 6.45) is -0.933. The van der Waals surface area contributed by atoms with Crippen molar-refractivity contribution in [2.24, 2.45) is 0 Å². The van der Waals surface area contributed by atoms with Crippen molar-refractivity contribution < 1.29 is 27.6 Å². The van der Waals surface area contributed by atoms with Crippen LogP contribution in [0.15, 0.2) is 0 Å². The monoisotopic (exact) mass is 226 g/mol. The van der Waals surface area contributed by atoms with Gasteiger partial charge in [-0.1, -0.05) is 0 Å². The zero-order valence-corrected chi connectivity index (χ0v) is 8.82. The molecular weight excluding hydrogens is 212 g/mol. The molecule has 6 nitrogen and oxygen atoms in total. The lowest BCUT2D eigenvalue weighted by Gasteiger charge is -2.25. The van der Waals surface area contributed by atoms with Crippen LogP contribution < -0.4 is 0 Å². The van der Waals surface area contributed by atoms with Gasteiger partial charge < -0.3 is 18.6 Å². The van der Waals surface area contributed by atoms with Gasteiger partial charge in [0, 0.05) is 6.42 Å². The van der Waals surface area contributed by atoms with Gasteiger partial charge in [0.05, 0.1) is 12.7 Å². The molecule has 1 aliphatic heterocycles. The summed E-state index contributed by atoms with van der Waals surface area (Å²) in [6.45, 7) is 3.51. The Morgan fingerprint density at radius 3 is 2.64 bits per heavy atom. The predicted molar refractivity (Wildman–Crippen MR) is 49.9 cm³/mol. The Balaban J connectivity index is 2.40. The van der Waals surface area contributed by atoms with Gasteiger partial charge in [-0.2, -0.15) is 0 Å². The first-order chi connectivity index (χ1) is 6.42. The van der Waals surface area contributed by atoms with Gasteiger partial charge in [0.15, 0.2) is 0 Å². The highest BCUT2D eigenvalue weighted by Crippen LogP contribution is 2.52. The fourth-order valence-electron chi connectivity index (χ4n) is 0.946. The molecule has 0 bridgehead atoms. The number of rotatable bonds is 2. The predicted octanol–water partition coefficient (Wildman–Crippen LogP) is 1.96.